The molecule has 2 nitrogen and oxygen atoms in total. The third-order valence-corrected chi connectivity index (χ3v) is 4.71. The van der Waals surface area contributed by atoms with Crippen molar-refractivity contribution in [3.63, 3.8) is 0 Å². The number of carbonyl (C=O) groups is 1. The largest absolute Gasteiger partial charge is 0.416 e. The van der Waals surface area contributed by atoms with Crippen molar-refractivity contribution in [1.82, 2.24) is 4.90 Å². The quantitative estimate of drug-likeness (QED) is 0.470. The zero-order valence-electron chi connectivity index (χ0n) is 16.2. The van der Waals surface area contributed by atoms with Crippen LogP contribution in [0, 0.1) is 0 Å². The average molecular weight is 454 g/mol. The van der Waals surface area contributed by atoms with Crippen molar-refractivity contribution in [1.29, 1.82) is 0 Å². The molecule has 0 aliphatic carbocycles. The van der Waals surface area contributed by atoms with E-state index in [1.165, 1.54) is 6.08 Å². The molecule has 2 rings (SSSR count). The lowest BCUT2D eigenvalue weighted by Crippen LogP contribution is -2.41. The van der Waals surface area contributed by atoms with Gasteiger partial charge in [0.25, 0.3) is 0 Å². The van der Waals surface area contributed by atoms with Crippen LogP contribution in [0.1, 0.15) is 44.4 Å². The number of hydrogen-bond acceptors (Lipinski definition) is 1. The molecule has 28 heavy (non-hydrogen) atoms. The number of nitrogens with zero attached hydrogens (tertiary/aromatic N) is 1. The molecule has 0 atom stereocenters. The normalized spacial score (nSPS) is 12.6. The predicted octanol–water partition coefficient (Wildman–Crippen LogP) is 6.55. The van der Waals surface area contributed by atoms with E-state index in [1.807, 2.05) is 33.8 Å². The number of alkyl halides is 3. The van der Waals surface area contributed by atoms with Gasteiger partial charge in [0.15, 0.2) is 0 Å². The Morgan fingerprint density at radius 3 is 2.04 bits per heavy atom. The number of hydrogen-bond donors (Lipinski definition) is 0. The van der Waals surface area contributed by atoms with Crippen molar-refractivity contribution in [3.8, 4) is 0 Å². The Kier molecular flexibility index (Phi) is 7.10. The van der Waals surface area contributed by atoms with E-state index in [0.717, 1.165) is 12.1 Å². The molecule has 1 amide bonds. The molecular formula is C22H23BrF3NO. The van der Waals surface area contributed by atoms with Gasteiger partial charge < -0.3 is 4.90 Å². The summed E-state index contributed by atoms with van der Waals surface area (Å²) in [7, 11) is 0. The van der Waals surface area contributed by atoms with Gasteiger partial charge in [-0.1, -0.05) is 46.3 Å². The van der Waals surface area contributed by atoms with Crippen molar-refractivity contribution in [2.75, 3.05) is 0 Å². The maximum atomic E-state index is 13.3. The lowest BCUT2D eigenvalue weighted by molar-refractivity contribution is -0.137. The lowest BCUT2D eigenvalue weighted by atomic mass is 9.95. The van der Waals surface area contributed by atoms with Crippen molar-refractivity contribution < 1.29 is 18.0 Å². The second-order valence-corrected chi connectivity index (χ2v) is 8.00. The molecule has 0 bridgehead atoms. The summed E-state index contributed by atoms with van der Waals surface area (Å²) in [4.78, 5) is 14.7. The minimum Gasteiger partial charge on any atom is -0.334 e. The fourth-order valence-electron chi connectivity index (χ4n) is 3.16. The van der Waals surface area contributed by atoms with Crippen molar-refractivity contribution in [3.05, 3.63) is 75.8 Å². The first kappa shape index (κ1) is 22.2. The highest BCUT2D eigenvalue weighted by Crippen LogP contribution is 2.35. The van der Waals surface area contributed by atoms with Crippen LogP contribution in [-0.4, -0.2) is 22.9 Å². The van der Waals surface area contributed by atoms with E-state index in [0.29, 0.717) is 21.2 Å². The highest BCUT2D eigenvalue weighted by atomic mass is 79.9. The Hall–Kier alpha value is -2.08. The molecule has 0 fully saturated rings. The van der Waals surface area contributed by atoms with Gasteiger partial charge in [0.1, 0.15) is 0 Å². The van der Waals surface area contributed by atoms with Crippen molar-refractivity contribution in [2.45, 2.75) is 46.0 Å². The maximum Gasteiger partial charge on any atom is 0.416 e. The molecule has 0 radical (unpaired) electrons. The summed E-state index contributed by atoms with van der Waals surface area (Å²) < 4.78 is 40.2. The monoisotopic (exact) mass is 453 g/mol. The smallest absolute Gasteiger partial charge is 0.334 e. The van der Waals surface area contributed by atoms with Crippen LogP contribution in [0.4, 0.5) is 13.2 Å². The number of benzene rings is 2. The minimum atomic E-state index is -4.48. The molecule has 0 unspecified atom stereocenters. The Morgan fingerprint density at radius 2 is 1.54 bits per heavy atom. The fourth-order valence-corrected chi connectivity index (χ4v) is 3.66. The zero-order valence-corrected chi connectivity index (χ0v) is 17.8. The SMILES string of the molecule is CC(C)N(C(=O)/C=C(/c1ccccc1)c1cc(Br)cc(C(F)(F)F)c1)C(C)C. The van der Waals surface area contributed by atoms with Crippen LogP contribution in [0.25, 0.3) is 5.57 Å². The van der Waals surface area contributed by atoms with Gasteiger partial charge in [0, 0.05) is 22.6 Å². The molecule has 2 aromatic carbocycles. The molecule has 2 aromatic rings. The van der Waals surface area contributed by atoms with Gasteiger partial charge in [-0.3, -0.25) is 4.79 Å². The fraction of sp³-hybridized carbons (Fsp3) is 0.318. The van der Waals surface area contributed by atoms with Crippen LogP contribution in [0.15, 0.2) is 59.1 Å². The van der Waals surface area contributed by atoms with Crippen LogP contribution < -0.4 is 0 Å². The van der Waals surface area contributed by atoms with E-state index in [9.17, 15) is 18.0 Å². The van der Waals surface area contributed by atoms with Gasteiger partial charge in [-0.2, -0.15) is 13.2 Å². The van der Waals surface area contributed by atoms with Gasteiger partial charge in [-0.05, 0) is 62.6 Å². The molecule has 0 heterocycles. The highest BCUT2D eigenvalue weighted by Gasteiger charge is 2.31. The first-order chi connectivity index (χ1) is 13.0. The van der Waals surface area contributed by atoms with Crippen LogP contribution in [0.3, 0.4) is 0 Å². The van der Waals surface area contributed by atoms with E-state index >= 15 is 0 Å². The van der Waals surface area contributed by atoms with Crippen LogP contribution in [0.2, 0.25) is 0 Å². The predicted molar refractivity (Wildman–Crippen MR) is 110 cm³/mol. The summed E-state index contributed by atoms with van der Waals surface area (Å²) in [5.74, 6) is -0.239. The van der Waals surface area contributed by atoms with Gasteiger partial charge in [-0.25, -0.2) is 0 Å². The zero-order chi connectivity index (χ0) is 21.1. The third kappa shape index (κ3) is 5.47. The van der Waals surface area contributed by atoms with Crippen molar-refractivity contribution >= 4 is 27.4 Å². The Bertz CT molecular complexity index is 850. The summed E-state index contributed by atoms with van der Waals surface area (Å²) in [6, 6.07) is 12.6. The molecule has 0 aliphatic rings. The molecule has 0 saturated heterocycles. The van der Waals surface area contributed by atoms with Crippen molar-refractivity contribution in [2.24, 2.45) is 0 Å². The number of carbonyl (C=O) groups excluding carboxylic acids is 1. The summed E-state index contributed by atoms with van der Waals surface area (Å²) in [5, 5.41) is 0. The third-order valence-electron chi connectivity index (χ3n) is 4.26. The Balaban J connectivity index is 2.66. The van der Waals surface area contributed by atoms with Gasteiger partial charge >= 0.3 is 6.18 Å². The van der Waals surface area contributed by atoms with Crippen LogP contribution >= 0.6 is 15.9 Å². The summed E-state index contributed by atoms with van der Waals surface area (Å²) >= 11 is 3.17. The first-order valence-corrected chi connectivity index (χ1v) is 9.77. The summed E-state index contributed by atoms with van der Waals surface area (Å²) in [6.45, 7) is 7.65. The Labute approximate surface area is 172 Å². The Morgan fingerprint density at radius 1 is 0.964 bits per heavy atom. The summed E-state index contributed by atoms with van der Waals surface area (Å²) in [6.07, 6.45) is -3.05. The maximum absolute atomic E-state index is 13.3. The molecular weight excluding hydrogens is 431 g/mol. The number of rotatable bonds is 5. The van der Waals surface area contributed by atoms with E-state index < -0.39 is 11.7 Å². The van der Waals surface area contributed by atoms with Crippen LogP contribution in [0.5, 0.6) is 0 Å². The second kappa shape index (κ2) is 8.95. The lowest BCUT2D eigenvalue weighted by Gasteiger charge is -2.30. The van der Waals surface area contributed by atoms with Gasteiger partial charge in [-0.15, -0.1) is 0 Å². The van der Waals surface area contributed by atoms with E-state index in [1.54, 1.807) is 35.2 Å². The molecule has 0 aliphatic heterocycles. The second-order valence-electron chi connectivity index (χ2n) is 7.08. The van der Waals surface area contributed by atoms with E-state index in [2.05, 4.69) is 15.9 Å². The number of halogens is 4. The van der Waals surface area contributed by atoms with Gasteiger partial charge in [0.05, 0.1) is 5.56 Å². The molecule has 150 valence electrons. The minimum absolute atomic E-state index is 0.0333. The molecule has 0 aromatic heterocycles. The topological polar surface area (TPSA) is 20.3 Å². The first-order valence-electron chi connectivity index (χ1n) is 8.98. The van der Waals surface area contributed by atoms with E-state index in [4.69, 9.17) is 0 Å². The standard InChI is InChI=1S/C22H23BrF3NO/c1-14(2)27(15(3)4)21(28)13-20(16-8-6-5-7-9-16)17-10-18(22(24,25)26)12-19(23)11-17/h5-15H,1-4H3/b20-13-. The highest BCUT2D eigenvalue weighted by molar-refractivity contribution is 9.10. The van der Waals surface area contributed by atoms with E-state index in [-0.39, 0.29) is 18.0 Å². The molecule has 0 spiro atoms. The molecule has 0 saturated carbocycles. The molecule has 6 heteroatoms. The summed E-state index contributed by atoms with van der Waals surface area (Å²) in [5.41, 5.74) is 0.683. The average Bonchev–Trinajstić information content (AvgIpc) is 2.58. The molecule has 0 N–H and O–H groups in total. The van der Waals surface area contributed by atoms with Crippen LogP contribution in [-0.2, 0) is 11.0 Å². The van der Waals surface area contributed by atoms with Gasteiger partial charge in [0.2, 0.25) is 5.91 Å². The number of amides is 1.